The highest BCUT2D eigenvalue weighted by atomic mass is 31.2. The smallest absolute Gasteiger partial charge is 0.456 e. The van der Waals surface area contributed by atoms with Gasteiger partial charge in [0.1, 0.15) is 19.3 Å². The van der Waals surface area contributed by atoms with Crippen LogP contribution in [0.3, 0.4) is 0 Å². The lowest BCUT2D eigenvalue weighted by Crippen LogP contribution is -2.47. The monoisotopic (exact) mass is 1160 g/mol. The van der Waals surface area contributed by atoms with Gasteiger partial charge in [0.15, 0.2) is 0 Å². The van der Waals surface area contributed by atoms with Crippen LogP contribution < -0.4 is 5.32 Å². The predicted octanol–water partition coefficient (Wildman–Crippen LogP) is 20.6. The van der Waals surface area contributed by atoms with E-state index in [0.29, 0.717) is 23.9 Å². The lowest BCUT2D eigenvalue weighted by Gasteiger charge is -2.27. The van der Waals surface area contributed by atoms with Crippen molar-refractivity contribution >= 4 is 19.7 Å². The molecule has 0 fully saturated rings. The first-order chi connectivity index (χ1) is 39.9. The van der Waals surface area contributed by atoms with Crippen LogP contribution in [0.15, 0.2) is 146 Å². The van der Waals surface area contributed by atoms with Gasteiger partial charge in [0.25, 0.3) is 0 Å². The minimum Gasteiger partial charge on any atom is -0.456 e. The molecule has 0 spiro atoms. The normalized spacial score (nSPS) is 14.6. The molecule has 0 saturated carbocycles. The van der Waals surface area contributed by atoms with Crippen LogP contribution in [-0.4, -0.2) is 74.3 Å². The number of allylic oxidation sites excluding steroid dienone is 23. The zero-order valence-corrected chi connectivity index (χ0v) is 54.1. The second kappa shape index (κ2) is 60.0. The van der Waals surface area contributed by atoms with Crippen LogP contribution in [0.5, 0.6) is 0 Å². The van der Waals surface area contributed by atoms with Gasteiger partial charge < -0.3 is 19.4 Å². The van der Waals surface area contributed by atoms with E-state index in [9.17, 15) is 19.0 Å². The SMILES string of the molecule is CC\C=C/C=C/C=C/C=C\C=C\C=C\CCCCCC(=O)OC(/C=C\CCCCCCCCCCCC)C(COP(=O)(O)OCC[N+](C)(C)C)NC(=O)CCCCCCCCCCCCC/C=C\C/C=C\C/C=C\C/C=C\C/C=C\CC. The number of unbranched alkanes of at least 4 members (excludes halogenated alkanes) is 24. The second-order valence-corrected chi connectivity index (χ2v) is 24.1. The molecule has 0 aliphatic heterocycles. The quantitative estimate of drug-likeness (QED) is 0.0156. The maximum absolute atomic E-state index is 13.6. The van der Waals surface area contributed by atoms with E-state index in [1.807, 2.05) is 94.1 Å². The van der Waals surface area contributed by atoms with E-state index in [-0.39, 0.29) is 31.5 Å². The molecule has 0 bridgehead atoms. The molecule has 0 aromatic rings. The van der Waals surface area contributed by atoms with E-state index < -0.39 is 20.0 Å². The average Bonchev–Trinajstić information content (AvgIpc) is 3.44. The van der Waals surface area contributed by atoms with Crippen molar-refractivity contribution < 1.29 is 37.3 Å². The molecule has 466 valence electrons. The molecule has 0 heterocycles. The number of phosphoric acid groups is 1. The van der Waals surface area contributed by atoms with E-state index in [2.05, 4.69) is 99.0 Å². The number of nitrogens with zero attached hydrogens (tertiary/aromatic N) is 1. The number of nitrogens with one attached hydrogen (secondary N) is 1. The van der Waals surface area contributed by atoms with Crippen molar-refractivity contribution in [3.63, 3.8) is 0 Å². The molecule has 0 saturated heterocycles. The Morgan fingerprint density at radius 1 is 0.451 bits per heavy atom. The van der Waals surface area contributed by atoms with Crippen molar-refractivity contribution in [3.05, 3.63) is 146 Å². The van der Waals surface area contributed by atoms with Crippen molar-refractivity contribution in [2.24, 2.45) is 0 Å². The molecule has 0 aromatic heterocycles. The molecule has 82 heavy (non-hydrogen) atoms. The number of quaternary nitrogens is 1. The number of hydrogen-bond donors (Lipinski definition) is 2. The van der Waals surface area contributed by atoms with Crippen molar-refractivity contribution in [3.8, 4) is 0 Å². The van der Waals surface area contributed by atoms with E-state index in [4.69, 9.17) is 13.8 Å². The second-order valence-electron chi connectivity index (χ2n) is 22.7. The van der Waals surface area contributed by atoms with Crippen molar-refractivity contribution in [2.45, 2.75) is 258 Å². The molecule has 3 unspecified atom stereocenters. The van der Waals surface area contributed by atoms with Gasteiger partial charge in [0.05, 0.1) is 33.8 Å². The van der Waals surface area contributed by atoms with Crippen molar-refractivity contribution in [1.29, 1.82) is 0 Å². The summed E-state index contributed by atoms with van der Waals surface area (Å²) < 4.78 is 30.7. The number of rotatable bonds is 57. The maximum atomic E-state index is 13.6. The number of likely N-dealkylation sites (N-methyl/N-ethyl adjacent to an activating group) is 1. The van der Waals surface area contributed by atoms with E-state index in [0.717, 1.165) is 109 Å². The summed E-state index contributed by atoms with van der Waals surface area (Å²) in [5.74, 6) is -0.569. The predicted molar refractivity (Wildman–Crippen MR) is 355 cm³/mol. The lowest BCUT2D eigenvalue weighted by molar-refractivity contribution is -0.870. The van der Waals surface area contributed by atoms with Crippen LogP contribution in [0, 0.1) is 0 Å². The standard InChI is InChI=1S/C72H121N2O7P/c1-7-10-13-16-19-22-25-28-30-32-33-34-35-36-37-38-39-40-41-43-44-46-49-52-55-58-61-64-71(75)73-69(68-80-82(77,78)79-67-66-74(4,5)6)70(63-60-57-54-51-48-27-24-21-18-15-12-9-3)81-72(76)65-62-59-56-53-50-47-45-42-31-29-26-23-20-17-14-11-8-2/h10-11,13-14,17,19-20,22-23,26,28-31,33-34,36-37,42,45,47,50,60,63,69-70H,7-9,12,15-16,18,21,24-25,27,32,35,38-41,43-44,46,48-49,51-59,61-62,64-68H2,1-6H3,(H-,73,75,77,78)/p+1/b13-10-,14-11-,20-17+,22-19-,26-23+,30-28-,31-29-,34-33-,37-36-,45-42+,50-47+,63-60-. The summed E-state index contributed by atoms with van der Waals surface area (Å²) in [7, 11) is 1.45. The molecule has 2 N–H and O–H groups in total. The Morgan fingerprint density at radius 3 is 1.33 bits per heavy atom. The third-order valence-corrected chi connectivity index (χ3v) is 14.7. The van der Waals surface area contributed by atoms with E-state index >= 15 is 0 Å². The van der Waals surface area contributed by atoms with Gasteiger partial charge in [0.2, 0.25) is 5.91 Å². The Kier molecular flexibility index (Phi) is 57.0. The van der Waals surface area contributed by atoms with Gasteiger partial charge in [-0.15, -0.1) is 0 Å². The first kappa shape index (κ1) is 77.9. The summed E-state index contributed by atoms with van der Waals surface area (Å²) in [5, 5.41) is 3.04. The summed E-state index contributed by atoms with van der Waals surface area (Å²) in [6.45, 7) is 6.70. The molecule has 3 atom stereocenters. The molecule has 0 aromatic carbocycles. The van der Waals surface area contributed by atoms with Crippen LogP contribution in [-0.2, 0) is 27.9 Å². The molecule has 0 rings (SSSR count). The Bertz CT molecular complexity index is 1910. The third-order valence-electron chi connectivity index (χ3n) is 13.7. The number of hydrogen-bond acceptors (Lipinski definition) is 6. The van der Waals surface area contributed by atoms with Crippen molar-refractivity contribution in [1.82, 2.24) is 5.32 Å². The van der Waals surface area contributed by atoms with Crippen molar-refractivity contribution in [2.75, 3.05) is 40.9 Å². The molecule has 0 aliphatic carbocycles. The lowest BCUT2D eigenvalue weighted by atomic mass is 10.0. The third kappa shape index (κ3) is 60.5. The average molecular weight is 1160 g/mol. The van der Waals surface area contributed by atoms with Crippen LogP contribution >= 0.6 is 7.82 Å². The number of esters is 1. The Labute approximate surface area is 504 Å². The van der Waals surface area contributed by atoms with Gasteiger partial charge in [-0.3, -0.25) is 18.6 Å². The highest BCUT2D eigenvalue weighted by molar-refractivity contribution is 7.47. The number of phosphoric ester groups is 1. The minimum atomic E-state index is -4.47. The van der Waals surface area contributed by atoms with Gasteiger partial charge in [-0.25, -0.2) is 4.57 Å². The number of ether oxygens (including phenoxy) is 1. The molecular formula is C72H122N2O7P+. The summed E-state index contributed by atoms with van der Waals surface area (Å²) in [4.78, 5) is 37.8. The largest absolute Gasteiger partial charge is 0.472 e. The maximum Gasteiger partial charge on any atom is 0.472 e. The van der Waals surface area contributed by atoms with E-state index in [1.165, 1.54) is 96.3 Å². The zero-order chi connectivity index (χ0) is 60.0. The van der Waals surface area contributed by atoms with Gasteiger partial charge in [0, 0.05) is 12.8 Å². The Hall–Kier alpha value is -4.11. The van der Waals surface area contributed by atoms with Gasteiger partial charge in [-0.1, -0.05) is 283 Å². The van der Waals surface area contributed by atoms with Crippen LogP contribution in [0.4, 0.5) is 0 Å². The molecule has 0 aliphatic rings. The zero-order valence-electron chi connectivity index (χ0n) is 53.2. The summed E-state index contributed by atoms with van der Waals surface area (Å²) in [5.41, 5.74) is 0. The topological polar surface area (TPSA) is 111 Å². The fourth-order valence-corrected chi connectivity index (χ4v) is 9.44. The Morgan fingerprint density at radius 2 is 0.841 bits per heavy atom. The highest BCUT2D eigenvalue weighted by Gasteiger charge is 2.30. The van der Waals surface area contributed by atoms with Crippen LogP contribution in [0.25, 0.3) is 0 Å². The van der Waals surface area contributed by atoms with Crippen LogP contribution in [0.1, 0.15) is 245 Å². The first-order valence-electron chi connectivity index (χ1n) is 32.7. The molecule has 0 radical (unpaired) electrons. The number of carbonyl (C=O) groups excluding carboxylic acids is 2. The highest BCUT2D eigenvalue weighted by Crippen LogP contribution is 2.43. The molecule has 9 nitrogen and oxygen atoms in total. The fourth-order valence-electron chi connectivity index (χ4n) is 8.70. The molecule has 10 heteroatoms. The minimum absolute atomic E-state index is 0.0239. The molecular weight excluding hydrogens is 1040 g/mol. The number of carbonyl (C=O) groups is 2. The molecule has 1 amide bonds. The van der Waals surface area contributed by atoms with E-state index in [1.54, 1.807) is 0 Å². The fraction of sp³-hybridized carbons (Fsp3) is 0.639. The number of amides is 1. The first-order valence-corrected chi connectivity index (χ1v) is 34.2. The van der Waals surface area contributed by atoms with Crippen LogP contribution in [0.2, 0.25) is 0 Å². The van der Waals surface area contributed by atoms with Gasteiger partial charge in [-0.05, 0) is 96.0 Å². The summed E-state index contributed by atoms with van der Waals surface area (Å²) in [6.07, 6.45) is 87.1. The Balaban J connectivity index is 5.19. The van der Waals surface area contributed by atoms with Gasteiger partial charge in [-0.2, -0.15) is 0 Å². The summed E-state index contributed by atoms with van der Waals surface area (Å²) >= 11 is 0. The summed E-state index contributed by atoms with van der Waals surface area (Å²) in [6, 6.07) is -0.880. The van der Waals surface area contributed by atoms with Gasteiger partial charge >= 0.3 is 13.8 Å².